The molecule has 6 nitrogen and oxygen atoms in total. The Kier molecular flexibility index (Phi) is 7.03. The molecule has 1 aromatic heterocycles. The summed E-state index contributed by atoms with van der Waals surface area (Å²) in [5.74, 6) is -0.701. The van der Waals surface area contributed by atoms with Crippen molar-refractivity contribution in [1.82, 2.24) is 4.98 Å². The first-order valence-corrected chi connectivity index (χ1v) is 10.7. The molecule has 0 radical (unpaired) electrons. The number of unbranched alkanes of at least 4 members (excludes halogenated alkanes) is 1. The van der Waals surface area contributed by atoms with Crippen LogP contribution < -0.4 is 0 Å². The number of aliphatic hydroxyl groups excluding tert-OH is 2. The number of fused-ring (bicyclic) bond motifs is 1. The lowest BCUT2D eigenvalue weighted by Crippen LogP contribution is -2.30. The number of carboxylic acid groups (broad SMARTS) is 1. The Balaban J connectivity index is 1.56. The second-order valence-corrected chi connectivity index (χ2v) is 8.51. The molecular formula is C20H29NO5S. The van der Waals surface area contributed by atoms with Crippen LogP contribution in [-0.4, -0.2) is 44.6 Å². The minimum absolute atomic E-state index is 0.0319. The van der Waals surface area contributed by atoms with Gasteiger partial charge in [0.1, 0.15) is 11.1 Å². The van der Waals surface area contributed by atoms with Gasteiger partial charge in [0.2, 0.25) is 0 Å². The lowest BCUT2D eigenvalue weighted by Gasteiger charge is -2.33. The van der Waals surface area contributed by atoms with Crippen molar-refractivity contribution in [3.8, 4) is 0 Å². The summed E-state index contributed by atoms with van der Waals surface area (Å²) in [4.78, 5) is 15.2. The van der Waals surface area contributed by atoms with Gasteiger partial charge in [0.25, 0.3) is 0 Å². The molecule has 2 fully saturated rings. The summed E-state index contributed by atoms with van der Waals surface area (Å²) in [6.07, 6.45) is 8.94. The maximum Gasteiger partial charge on any atom is 0.355 e. The predicted octanol–water partition coefficient (Wildman–Crippen LogP) is 3.56. The van der Waals surface area contributed by atoms with Crippen molar-refractivity contribution in [2.75, 3.05) is 0 Å². The third-order valence-electron chi connectivity index (χ3n) is 5.67. The number of aromatic carboxylic acids is 1. The van der Waals surface area contributed by atoms with E-state index in [0.717, 1.165) is 32.1 Å². The maximum atomic E-state index is 11.0. The quantitative estimate of drug-likeness (QED) is 0.582. The molecular weight excluding hydrogens is 366 g/mol. The molecule has 1 saturated carbocycles. The molecule has 1 aromatic rings. The van der Waals surface area contributed by atoms with Crippen molar-refractivity contribution in [2.45, 2.75) is 76.3 Å². The highest BCUT2D eigenvalue weighted by atomic mass is 32.1. The van der Waals surface area contributed by atoms with Crippen LogP contribution in [0.5, 0.6) is 0 Å². The van der Waals surface area contributed by atoms with Crippen LogP contribution in [0.15, 0.2) is 17.5 Å². The summed E-state index contributed by atoms with van der Waals surface area (Å²) in [7, 11) is 0. The first kappa shape index (κ1) is 20.5. The Morgan fingerprint density at radius 3 is 3.00 bits per heavy atom. The van der Waals surface area contributed by atoms with Crippen molar-refractivity contribution in [2.24, 2.45) is 11.8 Å². The van der Waals surface area contributed by atoms with Gasteiger partial charge in [-0.05, 0) is 31.6 Å². The highest BCUT2D eigenvalue weighted by Gasteiger charge is 2.45. The van der Waals surface area contributed by atoms with Gasteiger partial charge in [-0.15, -0.1) is 11.3 Å². The summed E-state index contributed by atoms with van der Waals surface area (Å²) in [5.41, 5.74) is 0.0645. The minimum atomic E-state index is -1.02. The average Bonchev–Trinajstić information content (AvgIpc) is 3.25. The summed E-state index contributed by atoms with van der Waals surface area (Å²) in [6, 6.07) is 0. The Hall–Kier alpha value is -1.28. The molecule has 0 bridgehead atoms. The lowest BCUT2D eigenvalue weighted by atomic mass is 9.86. The van der Waals surface area contributed by atoms with Gasteiger partial charge in [-0.2, -0.15) is 0 Å². The van der Waals surface area contributed by atoms with Gasteiger partial charge in [0.05, 0.1) is 18.3 Å². The third-order valence-corrected chi connectivity index (χ3v) is 6.60. The topological polar surface area (TPSA) is 99.9 Å². The molecule has 0 aromatic carbocycles. The fourth-order valence-corrected chi connectivity index (χ4v) is 5.06. The molecule has 3 N–H and O–H groups in total. The van der Waals surface area contributed by atoms with Crippen LogP contribution in [0.3, 0.4) is 0 Å². The molecule has 150 valence electrons. The molecule has 6 atom stereocenters. The first-order valence-electron chi connectivity index (χ1n) is 9.86. The van der Waals surface area contributed by atoms with E-state index in [9.17, 15) is 15.0 Å². The molecule has 1 unspecified atom stereocenters. The molecule has 1 aliphatic heterocycles. The van der Waals surface area contributed by atoms with Crippen LogP contribution in [0.1, 0.15) is 73.5 Å². The van der Waals surface area contributed by atoms with Crippen LogP contribution in [0.2, 0.25) is 0 Å². The summed E-state index contributed by atoms with van der Waals surface area (Å²) in [6.45, 7) is 2.11. The predicted molar refractivity (Wildman–Crippen MR) is 103 cm³/mol. The first-order chi connectivity index (χ1) is 13.0. The smallest absolute Gasteiger partial charge is 0.355 e. The van der Waals surface area contributed by atoms with E-state index in [1.807, 2.05) is 6.08 Å². The minimum Gasteiger partial charge on any atom is -0.476 e. The highest BCUT2D eigenvalue weighted by Crippen LogP contribution is 2.46. The number of ether oxygens (including phenoxy) is 1. The molecule has 27 heavy (non-hydrogen) atoms. The van der Waals surface area contributed by atoms with E-state index >= 15 is 0 Å². The van der Waals surface area contributed by atoms with E-state index in [1.165, 1.54) is 11.3 Å². The molecule has 1 saturated heterocycles. The summed E-state index contributed by atoms with van der Waals surface area (Å²) in [5, 5.41) is 31.7. The van der Waals surface area contributed by atoms with Crippen LogP contribution >= 0.6 is 11.3 Å². The zero-order chi connectivity index (χ0) is 19.4. The second kappa shape index (κ2) is 9.28. The van der Waals surface area contributed by atoms with E-state index < -0.39 is 12.1 Å². The van der Waals surface area contributed by atoms with Crippen LogP contribution in [0.4, 0.5) is 0 Å². The number of carboxylic acids is 1. The van der Waals surface area contributed by atoms with Crippen molar-refractivity contribution in [3.05, 3.63) is 28.2 Å². The van der Waals surface area contributed by atoms with Crippen molar-refractivity contribution < 1.29 is 24.9 Å². The normalized spacial score (nSPS) is 31.9. The molecule has 1 aliphatic carbocycles. The van der Waals surface area contributed by atoms with Crippen molar-refractivity contribution >= 4 is 17.3 Å². The van der Waals surface area contributed by atoms with Crippen LogP contribution in [0.25, 0.3) is 0 Å². The number of hydrogen-bond donors (Lipinski definition) is 3. The molecule has 0 amide bonds. The van der Waals surface area contributed by atoms with Gasteiger partial charge < -0.3 is 20.1 Å². The second-order valence-electron chi connectivity index (χ2n) is 7.62. The van der Waals surface area contributed by atoms with E-state index in [4.69, 9.17) is 9.84 Å². The Morgan fingerprint density at radius 2 is 2.30 bits per heavy atom. The van der Waals surface area contributed by atoms with Crippen molar-refractivity contribution in [3.63, 3.8) is 0 Å². The van der Waals surface area contributed by atoms with Gasteiger partial charge in [0.15, 0.2) is 5.69 Å². The molecule has 2 heterocycles. The number of aromatic nitrogens is 1. The maximum absolute atomic E-state index is 11.0. The van der Waals surface area contributed by atoms with Crippen LogP contribution in [0, 0.1) is 11.8 Å². The average molecular weight is 396 g/mol. The monoisotopic (exact) mass is 395 g/mol. The zero-order valence-corrected chi connectivity index (χ0v) is 16.5. The Labute approximate surface area is 163 Å². The summed E-state index contributed by atoms with van der Waals surface area (Å²) < 4.78 is 6.18. The Bertz CT molecular complexity index is 661. The van der Waals surface area contributed by atoms with Gasteiger partial charge in [-0.25, -0.2) is 9.78 Å². The molecule has 7 heteroatoms. The largest absolute Gasteiger partial charge is 0.476 e. The van der Waals surface area contributed by atoms with E-state index in [1.54, 1.807) is 5.38 Å². The van der Waals surface area contributed by atoms with E-state index in [-0.39, 0.29) is 35.8 Å². The van der Waals surface area contributed by atoms with Crippen LogP contribution in [-0.2, 0) is 4.74 Å². The number of hydrogen-bond acceptors (Lipinski definition) is 6. The summed E-state index contributed by atoms with van der Waals surface area (Å²) >= 11 is 1.32. The van der Waals surface area contributed by atoms with E-state index in [2.05, 4.69) is 18.0 Å². The number of thiazole rings is 1. The molecule has 3 rings (SSSR count). The Morgan fingerprint density at radius 1 is 1.48 bits per heavy atom. The van der Waals surface area contributed by atoms with Gasteiger partial charge in [0, 0.05) is 17.7 Å². The number of nitrogens with zero attached hydrogens (tertiary/aromatic N) is 1. The number of carbonyl (C=O) groups is 1. The molecule has 0 spiro atoms. The third kappa shape index (κ3) is 4.96. The van der Waals surface area contributed by atoms with Crippen molar-refractivity contribution in [1.29, 1.82) is 0 Å². The number of rotatable bonds is 8. The molecule has 2 aliphatic rings. The van der Waals surface area contributed by atoms with Gasteiger partial charge >= 0.3 is 5.97 Å². The SMILES string of the molecule is CCCCC(O)C/C=C/[C@@H]1[C@H]2CC[C@H](c3nc(C(=O)O)cs3)O[C@H]2C[C@H]1O. The fraction of sp³-hybridized carbons (Fsp3) is 0.700. The van der Waals surface area contributed by atoms with Gasteiger partial charge in [-0.3, -0.25) is 0 Å². The standard InChI is InChI=1S/C20H29NO5S/c1-2-3-5-12(22)6-4-7-13-14-8-9-17(26-18(14)10-16(13)23)19-21-15(11-27-19)20(24)25/h4,7,11-14,16-18,22-23H,2-3,5-6,8-10H2,1H3,(H,24,25)/b7-4+/t12?,13-,14-,16-,17-,18+/m1/s1. The van der Waals surface area contributed by atoms with E-state index in [0.29, 0.717) is 17.8 Å². The van der Waals surface area contributed by atoms with Gasteiger partial charge in [-0.1, -0.05) is 31.9 Å². The zero-order valence-electron chi connectivity index (χ0n) is 15.7. The lowest BCUT2D eigenvalue weighted by molar-refractivity contribution is -0.0767. The number of aliphatic hydroxyl groups is 2. The highest BCUT2D eigenvalue weighted by molar-refractivity contribution is 7.09. The fourth-order valence-electron chi connectivity index (χ4n) is 4.20.